The highest BCUT2D eigenvalue weighted by Crippen LogP contribution is 2.39. The molecule has 154 valence electrons. The maximum atomic E-state index is 13.0. The number of carbonyl (C=O) groups is 1. The number of aromatic nitrogens is 2. The molecular weight excluding hydrogens is 388 g/mol. The molecule has 1 N–H and O–H groups in total. The zero-order valence-corrected chi connectivity index (χ0v) is 16.5. The molecule has 9 nitrogen and oxygen atoms in total. The lowest BCUT2D eigenvalue weighted by Gasteiger charge is -2.30. The average molecular weight is 408 g/mol. The number of ether oxygens (including phenoxy) is 2. The molecule has 0 radical (unpaired) electrons. The fourth-order valence-corrected chi connectivity index (χ4v) is 3.62. The van der Waals surface area contributed by atoms with E-state index in [1.807, 2.05) is 28.8 Å². The Labute approximate surface area is 172 Å². The van der Waals surface area contributed by atoms with Crippen molar-refractivity contribution in [2.75, 3.05) is 25.6 Å². The molecule has 2 aromatic carbocycles. The Bertz CT molecular complexity index is 1150. The minimum absolute atomic E-state index is 0.0201. The van der Waals surface area contributed by atoms with E-state index in [2.05, 4.69) is 10.3 Å². The summed E-state index contributed by atoms with van der Waals surface area (Å²) in [4.78, 5) is 28.2. The smallest absolute Gasteiger partial charge is 0.338 e. The van der Waals surface area contributed by atoms with E-state index in [4.69, 9.17) is 9.47 Å². The quantitative estimate of drug-likeness (QED) is 0.288. The highest BCUT2D eigenvalue weighted by Gasteiger charge is 2.35. The zero-order valence-electron chi connectivity index (χ0n) is 16.5. The van der Waals surface area contributed by atoms with E-state index in [1.54, 1.807) is 19.1 Å². The summed E-state index contributed by atoms with van der Waals surface area (Å²) < 4.78 is 12.3. The van der Waals surface area contributed by atoms with Crippen LogP contribution < -0.4 is 5.32 Å². The fourth-order valence-electron chi connectivity index (χ4n) is 3.62. The molecule has 9 heteroatoms. The fraction of sp³-hybridized carbons (Fsp3) is 0.238. The molecule has 0 spiro atoms. The summed E-state index contributed by atoms with van der Waals surface area (Å²) in [5.41, 5.74) is 3.32. The summed E-state index contributed by atoms with van der Waals surface area (Å²) in [7, 11) is 1.53. The van der Waals surface area contributed by atoms with Crippen molar-refractivity contribution in [2.45, 2.75) is 13.0 Å². The number of non-ortho nitro benzene ring substituents is 1. The van der Waals surface area contributed by atoms with E-state index in [0.29, 0.717) is 22.8 Å². The molecule has 1 atom stereocenters. The monoisotopic (exact) mass is 408 g/mol. The first-order valence-electron chi connectivity index (χ1n) is 9.36. The number of hydrogen-bond acceptors (Lipinski definition) is 7. The second-order valence-corrected chi connectivity index (χ2v) is 6.84. The zero-order chi connectivity index (χ0) is 21.3. The molecule has 1 aliphatic rings. The third-order valence-electron chi connectivity index (χ3n) is 4.99. The Morgan fingerprint density at radius 3 is 2.63 bits per heavy atom. The number of nitrogens with zero attached hydrogens (tertiary/aromatic N) is 3. The van der Waals surface area contributed by atoms with Crippen LogP contribution in [0.4, 0.5) is 11.6 Å². The summed E-state index contributed by atoms with van der Waals surface area (Å²) in [6.45, 7) is 2.19. The third kappa shape index (κ3) is 3.39. The number of hydrogen-bond donors (Lipinski definition) is 1. The molecule has 2 heterocycles. The van der Waals surface area contributed by atoms with Crippen LogP contribution in [0.15, 0.2) is 59.8 Å². The first-order chi connectivity index (χ1) is 14.5. The minimum atomic E-state index is -0.551. The normalized spacial score (nSPS) is 15.6. The molecule has 1 aliphatic heterocycles. The molecule has 0 unspecified atom stereocenters. The number of nitro groups is 1. The van der Waals surface area contributed by atoms with E-state index in [9.17, 15) is 14.9 Å². The van der Waals surface area contributed by atoms with Crippen LogP contribution in [0, 0.1) is 10.1 Å². The van der Waals surface area contributed by atoms with Crippen molar-refractivity contribution in [3.05, 3.63) is 75.5 Å². The molecule has 3 aromatic rings. The summed E-state index contributed by atoms with van der Waals surface area (Å²) in [6, 6.07) is 13.2. The maximum Gasteiger partial charge on any atom is 0.338 e. The van der Waals surface area contributed by atoms with Crippen molar-refractivity contribution in [3.8, 4) is 0 Å². The van der Waals surface area contributed by atoms with Gasteiger partial charge in [-0.3, -0.25) is 14.7 Å². The number of imidazole rings is 1. The van der Waals surface area contributed by atoms with E-state index in [1.165, 1.54) is 19.2 Å². The van der Waals surface area contributed by atoms with Crippen molar-refractivity contribution in [1.29, 1.82) is 0 Å². The number of nitro benzene ring substituents is 1. The lowest BCUT2D eigenvalue weighted by atomic mass is 9.95. The van der Waals surface area contributed by atoms with E-state index in [-0.39, 0.29) is 18.9 Å². The number of carbonyl (C=O) groups excluding carboxylic acids is 1. The molecule has 4 rings (SSSR count). The van der Waals surface area contributed by atoms with Crippen LogP contribution in [0.2, 0.25) is 0 Å². The molecule has 30 heavy (non-hydrogen) atoms. The van der Waals surface area contributed by atoms with Crippen molar-refractivity contribution in [2.24, 2.45) is 0 Å². The van der Waals surface area contributed by atoms with Gasteiger partial charge in [0.15, 0.2) is 0 Å². The van der Waals surface area contributed by atoms with Gasteiger partial charge in [0, 0.05) is 24.9 Å². The summed E-state index contributed by atoms with van der Waals surface area (Å²) in [6.07, 6.45) is 0. The van der Waals surface area contributed by atoms with Gasteiger partial charge in [-0.2, -0.15) is 0 Å². The van der Waals surface area contributed by atoms with Gasteiger partial charge in [0.1, 0.15) is 6.61 Å². The Kier molecular flexibility index (Phi) is 5.20. The number of anilines is 1. The average Bonchev–Trinajstić information content (AvgIpc) is 3.10. The van der Waals surface area contributed by atoms with Crippen LogP contribution in [-0.2, 0) is 14.3 Å². The number of para-hydroxylation sites is 2. The number of nitrogens with one attached hydrogen (secondary N) is 1. The number of fused-ring (bicyclic) bond motifs is 3. The molecule has 0 amide bonds. The SMILES string of the molecule is COCCOC(=O)C1=C(C)Nc2nc3ccccc3n2[C@@H]1c1ccc([N+](=O)[O-])cc1. The highest BCUT2D eigenvalue weighted by atomic mass is 16.6. The number of methoxy groups -OCH3 is 1. The first kappa shape index (κ1) is 19.6. The van der Waals surface area contributed by atoms with Crippen molar-refractivity contribution < 1.29 is 19.2 Å². The van der Waals surface area contributed by atoms with E-state index >= 15 is 0 Å². The number of rotatable bonds is 6. The first-order valence-corrected chi connectivity index (χ1v) is 9.36. The van der Waals surface area contributed by atoms with Gasteiger partial charge in [-0.1, -0.05) is 12.1 Å². The largest absolute Gasteiger partial charge is 0.460 e. The Morgan fingerprint density at radius 2 is 1.93 bits per heavy atom. The van der Waals surface area contributed by atoms with Gasteiger partial charge < -0.3 is 14.8 Å². The molecule has 0 aliphatic carbocycles. The van der Waals surface area contributed by atoms with Crippen LogP contribution in [0.1, 0.15) is 18.5 Å². The summed E-state index contributed by atoms with van der Waals surface area (Å²) in [5.74, 6) is 0.106. The van der Waals surface area contributed by atoms with Crippen LogP contribution >= 0.6 is 0 Å². The predicted octanol–water partition coefficient (Wildman–Crippen LogP) is 3.42. The molecule has 0 fully saturated rings. The maximum absolute atomic E-state index is 13.0. The van der Waals surface area contributed by atoms with Gasteiger partial charge in [0.05, 0.1) is 34.2 Å². The van der Waals surface area contributed by atoms with Crippen LogP contribution in [-0.4, -0.2) is 40.8 Å². The standard InChI is InChI=1S/C21H20N4O5/c1-13-18(20(26)30-12-11-29-2)19(14-7-9-15(10-8-14)25(27)28)24-17-6-4-3-5-16(17)23-21(24)22-13/h3-10,19H,11-12H2,1-2H3,(H,22,23)/t19-/m1/s1. The van der Waals surface area contributed by atoms with Crippen molar-refractivity contribution >= 4 is 28.6 Å². The van der Waals surface area contributed by atoms with Gasteiger partial charge in [0.25, 0.3) is 5.69 Å². The molecule has 0 bridgehead atoms. The summed E-state index contributed by atoms with van der Waals surface area (Å²) in [5, 5.41) is 14.3. The Morgan fingerprint density at radius 1 is 1.20 bits per heavy atom. The van der Waals surface area contributed by atoms with Gasteiger partial charge in [0.2, 0.25) is 5.95 Å². The predicted molar refractivity (Wildman–Crippen MR) is 110 cm³/mol. The van der Waals surface area contributed by atoms with E-state index in [0.717, 1.165) is 11.0 Å². The van der Waals surface area contributed by atoms with Crippen molar-refractivity contribution in [1.82, 2.24) is 9.55 Å². The molecule has 1 aromatic heterocycles. The summed E-state index contributed by atoms with van der Waals surface area (Å²) >= 11 is 0. The molecule has 0 saturated carbocycles. The van der Waals surface area contributed by atoms with Gasteiger partial charge in [-0.05, 0) is 36.8 Å². The third-order valence-corrected chi connectivity index (χ3v) is 4.99. The second kappa shape index (κ2) is 7.96. The lowest BCUT2D eigenvalue weighted by molar-refractivity contribution is -0.384. The molecular formula is C21H20N4O5. The van der Waals surface area contributed by atoms with Crippen LogP contribution in [0.5, 0.6) is 0 Å². The lowest BCUT2D eigenvalue weighted by Crippen LogP contribution is -2.29. The van der Waals surface area contributed by atoms with E-state index < -0.39 is 16.9 Å². The van der Waals surface area contributed by atoms with Gasteiger partial charge in [-0.25, -0.2) is 9.78 Å². The minimum Gasteiger partial charge on any atom is -0.460 e. The van der Waals surface area contributed by atoms with Crippen LogP contribution in [0.3, 0.4) is 0 Å². The number of allylic oxidation sites excluding steroid dienone is 1. The highest BCUT2D eigenvalue weighted by molar-refractivity contribution is 5.94. The van der Waals surface area contributed by atoms with Crippen LogP contribution in [0.25, 0.3) is 11.0 Å². The second-order valence-electron chi connectivity index (χ2n) is 6.84. The number of benzene rings is 2. The Hall–Kier alpha value is -3.72. The van der Waals surface area contributed by atoms with Gasteiger partial charge >= 0.3 is 5.97 Å². The van der Waals surface area contributed by atoms with Crippen molar-refractivity contribution in [3.63, 3.8) is 0 Å². The van der Waals surface area contributed by atoms with Gasteiger partial charge in [-0.15, -0.1) is 0 Å². The molecule has 0 saturated heterocycles. The Balaban J connectivity index is 1.86. The topological polar surface area (TPSA) is 109 Å². The number of esters is 1.